The second-order valence-electron chi connectivity index (χ2n) is 5.39. The highest BCUT2D eigenvalue weighted by atomic mass is 19.4. The molecule has 2 aromatic rings. The first kappa shape index (κ1) is 17.1. The molecule has 2 rings (SSSR count). The van der Waals surface area contributed by atoms with Gasteiger partial charge in [0.2, 0.25) is 0 Å². The van der Waals surface area contributed by atoms with Gasteiger partial charge in [-0.15, -0.1) is 0 Å². The predicted molar refractivity (Wildman–Crippen MR) is 84.5 cm³/mol. The largest absolute Gasteiger partial charge is 0.417 e. The average molecular weight is 321 g/mol. The van der Waals surface area contributed by atoms with Crippen LogP contribution in [0.5, 0.6) is 0 Å². The number of carbonyl (C=O) groups excluding carboxylic acids is 1. The zero-order valence-electron chi connectivity index (χ0n) is 12.9. The van der Waals surface area contributed by atoms with Crippen molar-refractivity contribution in [1.82, 2.24) is 0 Å². The third-order valence-corrected chi connectivity index (χ3v) is 3.83. The van der Waals surface area contributed by atoms with Crippen molar-refractivity contribution in [2.45, 2.75) is 32.4 Å². The minimum absolute atomic E-state index is 0.198. The molecule has 0 bridgehead atoms. The Hall–Kier alpha value is -2.30. The first-order chi connectivity index (χ1) is 10.8. The monoisotopic (exact) mass is 321 g/mol. The van der Waals surface area contributed by atoms with Crippen molar-refractivity contribution in [2.75, 3.05) is 5.32 Å². The second kappa shape index (κ2) is 6.86. The van der Waals surface area contributed by atoms with E-state index in [1.165, 1.54) is 18.2 Å². The Morgan fingerprint density at radius 1 is 1.09 bits per heavy atom. The number of para-hydroxylation sites is 1. The van der Waals surface area contributed by atoms with Crippen molar-refractivity contribution in [3.8, 4) is 0 Å². The van der Waals surface area contributed by atoms with Crippen LogP contribution >= 0.6 is 0 Å². The van der Waals surface area contributed by atoms with Gasteiger partial charge in [0.05, 0.1) is 11.1 Å². The molecular weight excluding hydrogens is 303 g/mol. The molecule has 0 spiro atoms. The summed E-state index contributed by atoms with van der Waals surface area (Å²) >= 11 is 0. The molecule has 23 heavy (non-hydrogen) atoms. The van der Waals surface area contributed by atoms with E-state index in [1.807, 2.05) is 26.0 Å². The van der Waals surface area contributed by atoms with Crippen LogP contribution in [0.1, 0.15) is 47.7 Å². The lowest BCUT2D eigenvalue weighted by Crippen LogP contribution is -2.19. The highest BCUT2D eigenvalue weighted by Gasteiger charge is 2.34. The fourth-order valence-electron chi connectivity index (χ4n) is 2.38. The summed E-state index contributed by atoms with van der Waals surface area (Å²) in [6.45, 7) is 4.02. The molecule has 0 aliphatic heterocycles. The summed E-state index contributed by atoms with van der Waals surface area (Å²) < 4.78 is 39.1. The molecule has 0 aliphatic carbocycles. The van der Waals surface area contributed by atoms with Gasteiger partial charge < -0.3 is 5.32 Å². The number of alkyl halides is 3. The lowest BCUT2D eigenvalue weighted by Gasteiger charge is -2.17. The van der Waals surface area contributed by atoms with Crippen LogP contribution in [0.4, 0.5) is 18.9 Å². The summed E-state index contributed by atoms with van der Waals surface area (Å²) in [5, 5.41) is 2.62. The maximum atomic E-state index is 13.0. The molecule has 1 amide bonds. The van der Waals surface area contributed by atoms with Crippen LogP contribution in [0.2, 0.25) is 0 Å². The summed E-state index contributed by atoms with van der Waals surface area (Å²) in [5.74, 6) is -0.557. The van der Waals surface area contributed by atoms with Crippen LogP contribution in [0.15, 0.2) is 48.5 Å². The standard InChI is InChI=1S/C18H18F3NO/c1-3-12(2)13-8-5-7-11-16(13)22-17(23)14-9-4-6-10-15(14)18(19,20)21/h4-12H,3H2,1-2H3,(H,22,23)/t12-/m1/s1. The minimum Gasteiger partial charge on any atom is -0.322 e. The molecule has 0 aliphatic rings. The van der Waals surface area contributed by atoms with Crippen molar-refractivity contribution in [3.63, 3.8) is 0 Å². The van der Waals surface area contributed by atoms with Crippen LogP contribution in [-0.4, -0.2) is 5.91 Å². The third-order valence-electron chi connectivity index (χ3n) is 3.83. The number of amides is 1. The van der Waals surface area contributed by atoms with Crippen LogP contribution < -0.4 is 5.32 Å². The number of hydrogen-bond donors (Lipinski definition) is 1. The quantitative estimate of drug-likeness (QED) is 0.794. The number of carbonyl (C=O) groups is 1. The Morgan fingerprint density at radius 2 is 1.70 bits per heavy atom. The number of anilines is 1. The Labute approximate surface area is 133 Å². The van der Waals surface area contributed by atoms with Gasteiger partial charge in [-0.3, -0.25) is 4.79 Å². The summed E-state index contributed by atoms with van der Waals surface area (Å²) in [6.07, 6.45) is -3.70. The predicted octanol–water partition coefficient (Wildman–Crippen LogP) is 5.47. The van der Waals surface area contributed by atoms with Crippen molar-refractivity contribution in [1.29, 1.82) is 0 Å². The van der Waals surface area contributed by atoms with Crippen LogP contribution in [0.3, 0.4) is 0 Å². The van der Waals surface area contributed by atoms with Gasteiger partial charge in [0.25, 0.3) is 5.91 Å². The molecule has 0 unspecified atom stereocenters. The third kappa shape index (κ3) is 3.92. The molecule has 1 atom stereocenters. The molecule has 122 valence electrons. The van der Waals surface area contributed by atoms with Crippen molar-refractivity contribution < 1.29 is 18.0 Å². The number of nitrogens with one attached hydrogen (secondary N) is 1. The van der Waals surface area contributed by atoms with E-state index in [0.717, 1.165) is 18.1 Å². The van der Waals surface area contributed by atoms with Crippen molar-refractivity contribution in [3.05, 3.63) is 65.2 Å². The van der Waals surface area contributed by atoms with Gasteiger partial charge in [-0.1, -0.05) is 44.2 Å². The Kier molecular flexibility index (Phi) is 5.08. The van der Waals surface area contributed by atoms with E-state index < -0.39 is 17.6 Å². The smallest absolute Gasteiger partial charge is 0.322 e. The molecule has 1 N–H and O–H groups in total. The van der Waals surface area contributed by atoms with Crippen molar-refractivity contribution >= 4 is 11.6 Å². The number of halogens is 3. The Bertz CT molecular complexity index is 695. The Morgan fingerprint density at radius 3 is 2.35 bits per heavy atom. The number of benzene rings is 2. The molecule has 2 aromatic carbocycles. The van der Waals surface area contributed by atoms with E-state index in [0.29, 0.717) is 5.69 Å². The highest BCUT2D eigenvalue weighted by Crippen LogP contribution is 2.33. The maximum Gasteiger partial charge on any atom is 0.417 e. The van der Waals surface area contributed by atoms with Crippen LogP contribution in [-0.2, 0) is 6.18 Å². The number of hydrogen-bond acceptors (Lipinski definition) is 1. The normalized spacial score (nSPS) is 12.7. The van der Waals surface area contributed by atoms with E-state index in [-0.39, 0.29) is 11.5 Å². The second-order valence-corrected chi connectivity index (χ2v) is 5.39. The number of rotatable bonds is 4. The first-order valence-corrected chi connectivity index (χ1v) is 7.41. The summed E-state index contributed by atoms with van der Waals surface area (Å²) in [7, 11) is 0. The SMILES string of the molecule is CC[C@@H](C)c1ccccc1NC(=O)c1ccccc1C(F)(F)F. The molecule has 0 aromatic heterocycles. The fraction of sp³-hybridized carbons (Fsp3) is 0.278. The van der Waals surface area contributed by atoms with Crippen molar-refractivity contribution in [2.24, 2.45) is 0 Å². The van der Waals surface area contributed by atoms with E-state index in [9.17, 15) is 18.0 Å². The molecule has 0 heterocycles. The lowest BCUT2D eigenvalue weighted by atomic mass is 9.96. The lowest BCUT2D eigenvalue weighted by molar-refractivity contribution is -0.137. The summed E-state index contributed by atoms with van der Waals surface area (Å²) in [6, 6.07) is 12.0. The van der Waals surface area contributed by atoms with Crippen LogP contribution in [0.25, 0.3) is 0 Å². The van der Waals surface area contributed by atoms with Gasteiger partial charge in [-0.2, -0.15) is 13.2 Å². The maximum absolute atomic E-state index is 13.0. The zero-order chi connectivity index (χ0) is 17.0. The Balaban J connectivity index is 2.35. The van der Waals surface area contributed by atoms with E-state index in [1.54, 1.807) is 12.1 Å². The topological polar surface area (TPSA) is 29.1 Å². The van der Waals surface area contributed by atoms with Crippen LogP contribution in [0, 0.1) is 0 Å². The average Bonchev–Trinajstić information content (AvgIpc) is 2.54. The van der Waals surface area contributed by atoms with Gasteiger partial charge in [-0.05, 0) is 36.1 Å². The molecule has 0 saturated heterocycles. The van der Waals surface area contributed by atoms with Gasteiger partial charge >= 0.3 is 6.18 Å². The summed E-state index contributed by atoms with van der Waals surface area (Å²) in [4.78, 5) is 12.3. The van der Waals surface area contributed by atoms with E-state index in [4.69, 9.17) is 0 Å². The molecule has 2 nitrogen and oxygen atoms in total. The van der Waals surface area contributed by atoms with Gasteiger partial charge in [0, 0.05) is 5.69 Å². The highest BCUT2D eigenvalue weighted by molar-refractivity contribution is 6.05. The molecule has 0 fully saturated rings. The minimum atomic E-state index is -4.57. The van der Waals surface area contributed by atoms with Gasteiger partial charge in [-0.25, -0.2) is 0 Å². The molecular formula is C18H18F3NO. The van der Waals surface area contributed by atoms with Gasteiger partial charge in [0.15, 0.2) is 0 Å². The first-order valence-electron chi connectivity index (χ1n) is 7.41. The van der Waals surface area contributed by atoms with Gasteiger partial charge in [0.1, 0.15) is 0 Å². The zero-order valence-corrected chi connectivity index (χ0v) is 12.9. The van der Waals surface area contributed by atoms with E-state index >= 15 is 0 Å². The molecule has 0 radical (unpaired) electrons. The fourth-order valence-corrected chi connectivity index (χ4v) is 2.38. The molecule has 5 heteroatoms. The molecule has 0 saturated carbocycles. The summed E-state index contributed by atoms with van der Waals surface area (Å²) in [5.41, 5.74) is 0.147. The van der Waals surface area contributed by atoms with E-state index in [2.05, 4.69) is 5.32 Å².